The lowest BCUT2D eigenvalue weighted by Crippen LogP contribution is -2.54. The molecule has 1 aromatic rings. The lowest BCUT2D eigenvalue weighted by atomic mass is 9.81. The number of halogens is 2. The Labute approximate surface area is 180 Å². The molecular formula is C21H25Cl2N3O3. The van der Waals surface area contributed by atoms with E-state index in [9.17, 15) is 14.4 Å². The van der Waals surface area contributed by atoms with Crippen molar-refractivity contribution in [1.82, 2.24) is 10.2 Å². The van der Waals surface area contributed by atoms with Gasteiger partial charge in [-0.05, 0) is 43.4 Å². The molecule has 2 atom stereocenters. The minimum absolute atomic E-state index is 0.0442. The Morgan fingerprint density at radius 3 is 2.28 bits per heavy atom. The molecule has 3 aliphatic rings. The maximum atomic E-state index is 13.1. The van der Waals surface area contributed by atoms with E-state index in [2.05, 4.69) is 10.2 Å². The van der Waals surface area contributed by atoms with Crippen molar-refractivity contribution in [2.45, 2.75) is 38.1 Å². The SMILES string of the molecule is C[C@@H](C[C@@]1(C2CC2)NC(=O)CC1=O)C(=O)N1CCN(c2cc(Cl)cc(Cl)c2)CC1. The van der Waals surface area contributed by atoms with Crippen LogP contribution < -0.4 is 10.2 Å². The first-order chi connectivity index (χ1) is 13.8. The van der Waals surface area contributed by atoms with Gasteiger partial charge >= 0.3 is 0 Å². The summed E-state index contributed by atoms with van der Waals surface area (Å²) in [6, 6.07) is 5.45. The van der Waals surface area contributed by atoms with Gasteiger partial charge in [-0.3, -0.25) is 14.4 Å². The van der Waals surface area contributed by atoms with E-state index in [1.807, 2.05) is 24.0 Å². The van der Waals surface area contributed by atoms with Crippen LogP contribution in [-0.2, 0) is 14.4 Å². The predicted molar refractivity (Wildman–Crippen MR) is 112 cm³/mol. The minimum Gasteiger partial charge on any atom is -0.368 e. The minimum atomic E-state index is -0.828. The van der Waals surface area contributed by atoms with Crippen molar-refractivity contribution in [3.8, 4) is 0 Å². The zero-order chi connectivity index (χ0) is 20.8. The number of Topliss-reactive ketones (excluding diaryl/α,β-unsaturated/α-hetero) is 1. The fourth-order valence-corrected chi connectivity index (χ4v) is 5.21. The fourth-order valence-electron chi connectivity index (χ4n) is 4.69. The molecule has 2 aliphatic heterocycles. The van der Waals surface area contributed by atoms with Gasteiger partial charge in [0.1, 0.15) is 5.54 Å². The number of benzene rings is 1. The number of carbonyl (C=O) groups excluding carboxylic acids is 3. The monoisotopic (exact) mass is 437 g/mol. The highest BCUT2D eigenvalue weighted by Crippen LogP contribution is 2.46. The number of ketones is 1. The first-order valence-electron chi connectivity index (χ1n) is 10.1. The largest absolute Gasteiger partial charge is 0.368 e. The summed E-state index contributed by atoms with van der Waals surface area (Å²) in [5.41, 5.74) is 0.125. The van der Waals surface area contributed by atoms with Crippen LogP contribution in [-0.4, -0.2) is 54.2 Å². The van der Waals surface area contributed by atoms with E-state index in [1.165, 1.54) is 0 Å². The lowest BCUT2D eigenvalue weighted by molar-refractivity contribution is -0.137. The van der Waals surface area contributed by atoms with E-state index < -0.39 is 5.54 Å². The molecule has 0 aromatic heterocycles. The third-order valence-corrected chi connectivity index (χ3v) is 6.75. The van der Waals surface area contributed by atoms with Crippen molar-refractivity contribution in [2.24, 2.45) is 11.8 Å². The van der Waals surface area contributed by atoms with Crippen molar-refractivity contribution in [2.75, 3.05) is 31.1 Å². The number of hydrogen-bond donors (Lipinski definition) is 1. The predicted octanol–water partition coefficient (Wildman–Crippen LogP) is 2.91. The smallest absolute Gasteiger partial charge is 0.228 e. The summed E-state index contributed by atoms with van der Waals surface area (Å²) >= 11 is 12.2. The van der Waals surface area contributed by atoms with E-state index in [-0.39, 0.29) is 35.9 Å². The van der Waals surface area contributed by atoms with Crippen LogP contribution in [0.5, 0.6) is 0 Å². The highest BCUT2D eigenvalue weighted by Gasteiger charge is 2.56. The zero-order valence-corrected chi connectivity index (χ0v) is 17.9. The number of carbonyl (C=O) groups is 3. The number of amides is 2. The molecule has 8 heteroatoms. The maximum absolute atomic E-state index is 13.1. The number of hydrogen-bond acceptors (Lipinski definition) is 4. The number of nitrogens with one attached hydrogen (secondary N) is 1. The average Bonchev–Trinajstić information content (AvgIpc) is 3.47. The van der Waals surface area contributed by atoms with Gasteiger partial charge in [0.25, 0.3) is 0 Å². The van der Waals surface area contributed by atoms with Crippen molar-refractivity contribution < 1.29 is 14.4 Å². The van der Waals surface area contributed by atoms with Crippen molar-refractivity contribution in [3.05, 3.63) is 28.2 Å². The Balaban J connectivity index is 1.38. The molecular weight excluding hydrogens is 413 g/mol. The van der Waals surface area contributed by atoms with Gasteiger partial charge in [0, 0.05) is 47.8 Å². The molecule has 0 radical (unpaired) electrons. The Hall–Kier alpha value is -1.79. The molecule has 3 fully saturated rings. The molecule has 2 saturated heterocycles. The lowest BCUT2D eigenvalue weighted by Gasteiger charge is -2.38. The van der Waals surface area contributed by atoms with E-state index >= 15 is 0 Å². The van der Waals surface area contributed by atoms with E-state index in [0.29, 0.717) is 42.6 Å². The van der Waals surface area contributed by atoms with Gasteiger partial charge in [-0.15, -0.1) is 0 Å². The van der Waals surface area contributed by atoms with Crippen molar-refractivity contribution >= 4 is 46.5 Å². The summed E-state index contributed by atoms with van der Waals surface area (Å²) in [6.45, 7) is 4.46. The molecule has 29 heavy (non-hydrogen) atoms. The standard InChI is InChI=1S/C21H25Cl2N3O3/c1-13(12-21(14-2-3-14)18(27)11-19(28)24-21)20(29)26-6-4-25(5-7-26)17-9-15(22)8-16(23)10-17/h8-10,13-14H,2-7,11-12H2,1H3,(H,24,28)/t13-,21-/m0/s1. The van der Waals surface area contributed by atoms with Crippen molar-refractivity contribution in [3.63, 3.8) is 0 Å². The third-order valence-electron chi connectivity index (χ3n) is 6.31. The molecule has 156 valence electrons. The van der Waals surface area contributed by atoms with Crippen molar-refractivity contribution in [1.29, 1.82) is 0 Å². The molecule has 0 bridgehead atoms. The van der Waals surface area contributed by atoms with Gasteiger partial charge < -0.3 is 15.1 Å². The summed E-state index contributed by atoms with van der Waals surface area (Å²) in [5, 5.41) is 4.10. The van der Waals surface area contributed by atoms with Crippen LogP contribution in [0, 0.1) is 11.8 Å². The summed E-state index contributed by atoms with van der Waals surface area (Å²) in [5.74, 6) is -0.350. The quantitative estimate of drug-likeness (QED) is 0.718. The Morgan fingerprint density at radius 2 is 1.76 bits per heavy atom. The molecule has 1 N–H and O–H groups in total. The van der Waals surface area contributed by atoms with Crippen LogP contribution in [0.1, 0.15) is 32.6 Å². The zero-order valence-electron chi connectivity index (χ0n) is 16.4. The Bertz CT molecular complexity index is 829. The fraction of sp³-hybridized carbons (Fsp3) is 0.571. The Morgan fingerprint density at radius 1 is 1.14 bits per heavy atom. The highest BCUT2D eigenvalue weighted by molar-refractivity contribution is 6.35. The van der Waals surface area contributed by atoms with Gasteiger partial charge in [-0.2, -0.15) is 0 Å². The number of piperazine rings is 1. The second kappa shape index (κ2) is 7.80. The normalized spacial score (nSPS) is 25.9. The molecule has 4 rings (SSSR count). The first kappa shape index (κ1) is 20.5. The second-order valence-corrected chi connectivity index (χ2v) is 9.31. The van der Waals surface area contributed by atoms with Crippen LogP contribution in [0.4, 0.5) is 5.69 Å². The summed E-state index contributed by atoms with van der Waals surface area (Å²) in [6.07, 6.45) is 2.21. The number of nitrogens with zero attached hydrogens (tertiary/aromatic N) is 2. The van der Waals surface area contributed by atoms with E-state index in [1.54, 1.807) is 6.07 Å². The number of anilines is 1. The summed E-state index contributed by atoms with van der Waals surface area (Å²) in [4.78, 5) is 41.4. The third kappa shape index (κ3) is 4.10. The molecule has 1 saturated carbocycles. The molecule has 2 heterocycles. The van der Waals surface area contributed by atoms with E-state index in [4.69, 9.17) is 23.2 Å². The molecule has 2 amide bonds. The van der Waals surface area contributed by atoms with Gasteiger partial charge in [-0.25, -0.2) is 0 Å². The maximum Gasteiger partial charge on any atom is 0.228 e. The average molecular weight is 438 g/mol. The van der Waals surface area contributed by atoms with Crippen LogP contribution in [0.25, 0.3) is 0 Å². The Kier molecular flexibility index (Phi) is 5.51. The topological polar surface area (TPSA) is 69.7 Å². The van der Waals surface area contributed by atoms with Crippen LogP contribution in [0.2, 0.25) is 10.0 Å². The highest BCUT2D eigenvalue weighted by atomic mass is 35.5. The summed E-state index contributed by atoms with van der Waals surface area (Å²) in [7, 11) is 0. The van der Waals surface area contributed by atoms with E-state index in [0.717, 1.165) is 18.5 Å². The molecule has 1 aliphatic carbocycles. The molecule has 0 spiro atoms. The molecule has 1 aromatic carbocycles. The van der Waals surface area contributed by atoms with Gasteiger partial charge in [0.15, 0.2) is 5.78 Å². The van der Waals surface area contributed by atoms with Gasteiger partial charge in [-0.1, -0.05) is 30.1 Å². The summed E-state index contributed by atoms with van der Waals surface area (Å²) < 4.78 is 0. The van der Waals surface area contributed by atoms with Crippen LogP contribution >= 0.6 is 23.2 Å². The molecule has 6 nitrogen and oxygen atoms in total. The number of rotatable bonds is 5. The van der Waals surface area contributed by atoms with Crippen LogP contribution in [0.15, 0.2) is 18.2 Å². The molecule has 0 unspecified atom stereocenters. The first-order valence-corrected chi connectivity index (χ1v) is 10.9. The van der Waals surface area contributed by atoms with Gasteiger partial charge in [0.05, 0.1) is 6.42 Å². The van der Waals surface area contributed by atoms with Crippen LogP contribution in [0.3, 0.4) is 0 Å². The second-order valence-electron chi connectivity index (χ2n) is 8.44. The van der Waals surface area contributed by atoms with Gasteiger partial charge in [0.2, 0.25) is 11.8 Å².